The zero-order chi connectivity index (χ0) is 23.1. The van der Waals surface area contributed by atoms with Crippen LogP contribution in [0, 0.1) is 0 Å². The van der Waals surface area contributed by atoms with E-state index in [0.717, 1.165) is 19.3 Å². The topological polar surface area (TPSA) is 55.4 Å². The highest BCUT2D eigenvalue weighted by Crippen LogP contribution is 2.14. The van der Waals surface area contributed by atoms with Crippen molar-refractivity contribution in [2.45, 2.75) is 148 Å². The molecule has 1 heterocycles. The molecule has 4 nitrogen and oxygen atoms in total. The fraction of sp³-hybridized carbons (Fsp3) is 0.857. The number of amides is 1. The molecule has 4 heteroatoms. The van der Waals surface area contributed by atoms with Gasteiger partial charge in [-0.15, -0.1) is 0 Å². The van der Waals surface area contributed by atoms with E-state index < -0.39 is 6.04 Å². The number of carbonyl (C=O) groups is 2. The number of ether oxygens (including phenoxy) is 1. The third-order valence-corrected chi connectivity index (χ3v) is 6.43. The Kier molecular flexibility index (Phi) is 19.3. The SMILES string of the molecule is CCCCCCCCCCCCCCCCCC/C=C/CCCOC(=O)[C@@H]1CCC(=O)N1. The van der Waals surface area contributed by atoms with Crippen LogP contribution in [-0.2, 0) is 14.3 Å². The van der Waals surface area contributed by atoms with Crippen LogP contribution in [0.15, 0.2) is 12.2 Å². The van der Waals surface area contributed by atoms with Crippen LogP contribution in [-0.4, -0.2) is 24.5 Å². The maximum atomic E-state index is 11.7. The lowest BCUT2D eigenvalue weighted by molar-refractivity contribution is -0.146. The van der Waals surface area contributed by atoms with Gasteiger partial charge in [0.1, 0.15) is 6.04 Å². The van der Waals surface area contributed by atoms with E-state index >= 15 is 0 Å². The Bertz CT molecular complexity index is 489. The lowest BCUT2D eigenvalue weighted by Crippen LogP contribution is -2.34. The molecular formula is C28H51NO3. The minimum atomic E-state index is -0.423. The standard InChI is InChI=1S/C28H51NO3/c1-2-3-4-5-6-7-8-9-10-11-12-13-14-15-16-17-18-19-20-21-22-25-32-28(31)26-23-24-27(30)29-26/h19-20,26H,2-18,21-25H2,1H3,(H,29,30)/b20-19+/t26-/m0/s1. The largest absolute Gasteiger partial charge is 0.464 e. The lowest BCUT2D eigenvalue weighted by Gasteiger charge is -2.09. The van der Waals surface area contributed by atoms with Gasteiger partial charge in [0, 0.05) is 6.42 Å². The highest BCUT2D eigenvalue weighted by atomic mass is 16.5. The first-order chi connectivity index (χ1) is 15.7. The number of nitrogens with one attached hydrogen (secondary N) is 1. The monoisotopic (exact) mass is 449 g/mol. The third-order valence-electron chi connectivity index (χ3n) is 6.43. The Balaban J connectivity index is 1.72. The number of unbranched alkanes of at least 4 members (excludes halogenated alkanes) is 17. The van der Waals surface area contributed by atoms with Gasteiger partial charge in [-0.3, -0.25) is 4.79 Å². The van der Waals surface area contributed by atoms with Gasteiger partial charge in [0.25, 0.3) is 0 Å². The van der Waals surface area contributed by atoms with Crippen molar-refractivity contribution in [3.05, 3.63) is 12.2 Å². The Labute approximate surface area is 198 Å². The number of hydrogen-bond donors (Lipinski definition) is 1. The predicted octanol–water partition coefficient (Wildman–Crippen LogP) is 7.80. The third kappa shape index (κ3) is 17.3. The van der Waals surface area contributed by atoms with Gasteiger partial charge in [0.2, 0.25) is 5.91 Å². The summed E-state index contributed by atoms with van der Waals surface area (Å²) in [6.45, 7) is 2.72. The zero-order valence-electron chi connectivity index (χ0n) is 21.0. The molecular weight excluding hydrogens is 398 g/mol. The van der Waals surface area contributed by atoms with E-state index in [9.17, 15) is 9.59 Å². The van der Waals surface area contributed by atoms with Gasteiger partial charge in [-0.1, -0.05) is 115 Å². The van der Waals surface area contributed by atoms with Crippen LogP contribution < -0.4 is 5.32 Å². The van der Waals surface area contributed by atoms with Gasteiger partial charge in [0.15, 0.2) is 0 Å². The Morgan fingerprint density at radius 1 is 0.781 bits per heavy atom. The molecule has 32 heavy (non-hydrogen) atoms. The Hall–Kier alpha value is -1.32. The van der Waals surface area contributed by atoms with E-state index in [4.69, 9.17) is 4.74 Å². The summed E-state index contributed by atoms with van der Waals surface area (Å²) in [6, 6.07) is -0.423. The Morgan fingerprint density at radius 3 is 1.72 bits per heavy atom. The number of rotatable bonds is 22. The average Bonchev–Trinajstić information content (AvgIpc) is 3.23. The molecule has 1 fully saturated rings. The molecule has 1 aliphatic rings. The molecule has 0 bridgehead atoms. The summed E-state index contributed by atoms with van der Waals surface area (Å²) in [7, 11) is 0. The Morgan fingerprint density at radius 2 is 1.25 bits per heavy atom. The molecule has 0 unspecified atom stereocenters. The number of carbonyl (C=O) groups excluding carboxylic acids is 2. The van der Waals surface area contributed by atoms with E-state index in [1.807, 2.05) is 0 Å². The van der Waals surface area contributed by atoms with Gasteiger partial charge in [-0.25, -0.2) is 4.79 Å². The van der Waals surface area contributed by atoms with Gasteiger partial charge in [-0.05, 0) is 32.1 Å². The lowest BCUT2D eigenvalue weighted by atomic mass is 10.0. The van der Waals surface area contributed by atoms with Crippen molar-refractivity contribution in [1.29, 1.82) is 0 Å². The second kappa shape index (κ2) is 21.5. The molecule has 0 saturated carbocycles. The highest BCUT2D eigenvalue weighted by Gasteiger charge is 2.28. The number of allylic oxidation sites excluding steroid dienone is 2. The number of esters is 1. The summed E-state index contributed by atoms with van der Waals surface area (Å²) in [4.78, 5) is 22.8. The van der Waals surface area contributed by atoms with Crippen LogP contribution >= 0.6 is 0 Å². The fourth-order valence-corrected chi connectivity index (χ4v) is 4.31. The van der Waals surface area contributed by atoms with Gasteiger partial charge >= 0.3 is 5.97 Å². The second-order valence-electron chi connectivity index (χ2n) is 9.53. The molecule has 1 atom stereocenters. The van der Waals surface area contributed by atoms with Gasteiger partial charge in [0.05, 0.1) is 6.61 Å². The van der Waals surface area contributed by atoms with Crippen LogP contribution in [0.4, 0.5) is 0 Å². The van der Waals surface area contributed by atoms with E-state index in [2.05, 4.69) is 24.4 Å². The fourth-order valence-electron chi connectivity index (χ4n) is 4.31. The van der Waals surface area contributed by atoms with Crippen molar-refractivity contribution >= 4 is 11.9 Å². The summed E-state index contributed by atoms with van der Waals surface area (Å²) >= 11 is 0. The molecule has 0 aromatic heterocycles. The normalized spacial score (nSPS) is 16.0. The summed E-state index contributed by atoms with van der Waals surface area (Å²) in [5.74, 6) is -0.336. The summed E-state index contributed by atoms with van der Waals surface area (Å²) in [5, 5.41) is 2.64. The molecule has 0 aromatic carbocycles. The molecule has 1 amide bonds. The minimum Gasteiger partial charge on any atom is -0.464 e. The molecule has 186 valence electrons. The van der Waals surface area contributed by atoms with Crippen molar-refractivity contribution in [2.75, 3.05) is 6.61 Å². The molecule has 0 aliphatic carbocycles. The van der Waals surface area contributed by atoms with Crippen molar-refractivity contribution in [3.63, 3.8) is 0 Å². The summed E-state index contributed by atoms with van der Waals surface area (Å²) in [5.41, 5.74) is 0. The molecule has 1 aliphatic heterocycles. The highest BCUT2D eigenvalue weighted by molar-refractivity contribution is 5.87. The van der Waals surface area contributed by atoms with Crippen molar-refractivity contribution in [3.8, 4) is 0 Å². The minimum absolute atomic E-state index is 0.0519. The average molecular weight is 450 g/mol. The smallest absolute Gasteiger partial charge is 0.328 e. The summed E-state index contributed by atoms with van der Waals surface area (Å²) < 4.78 is 5.23. The van der Waals surface area contributed by atoms with E-state index in [-0.39, 0.29) is 11.9 Å². The van der Waals surface area contributed by atoms with E-state index in [1.165, 1.54) is 103 Å². The van der Waals surface area contributed by atoms with Gasteiger partial charge in [-0.2, -0.15) is 0 Å². The molecule has 1 saturated heterocycles. The van der Waals surface area contributed by atoms with E-state index in [0.29, 0.717) is 19.4 Å². The maximum absolute atomic E-state index is 11.7. The first-order valence-electron chi connectivity index (χ1n) is 13.8. The summed E-state index contributed by atoms with van der Waals surface area (Å²) in [6.07, 6.45) is 31.0. The quantitative estimate of drug-likeness (QED) is 0.104. The van der Waals surface area contributed by atoms with Crippen LogP contribution in [0.3, 0.4) is 0 Å². The molecule has 0 radical (unpaired) electrons. The first-order valence-corrected chi connectivity index (χ1v) is 13.8. The number of hydrogen-bond acceptors (Lipinski definition) is 3. The maximum Gasteiger partial charge on any atom is 0.328 e. The second-order valence-corrected chi connectivity index (χ2v) is 9.53. The van der Waals surface area contributed by atoms with Crippen LogP contribution in [0.25, 0.3) is 0 Å². The van der Waals surface area contributed by atoms with Crippen LogP contribution in [0.2, 0.25) is 0 Å². The molecule has 0 spiro atoms. The molecule has 0 aromatic rings. The molecule has 1 N–H and O–H groups in total. The van der Waals surface area contributed by atoms with Crippen molar-refractivity contribution < 1.29 is 14.3 Å². The van der Waals surface area contributed by atoms with Crippen LogP contribution in [0.1, 0.15) is 142 Å². The first kappa shape index (κ1) is 28.7. The predicted molar refractivity (Wildman–Crippen MR) is 135 cm³/mol. The molecule has 1 rings (SSSR count). The van der Waals surface area contributed by atoms with E-state index in [1.54, 1.807) is 0 Å². The zero-order valence-corrected chi connectivity index (χ0v) is 21.0. The van der Waals surface area contributed by atoms with Crippen LogP contribution in [0.5, 0.6) is 0 Å². The van der Waals surface area contributed by atoms with Crippen molar-refractivity contribution in [2.24, 2.45) is 0 Å². The van der Waals surface area contributed by atoms with Crippen molar-refractivity contribution in [1.82, 2.24) is 5.32 Å². The van der Waals surface area contributed by atoms with Gasteiger partial charge < -0.3 is 10.1 Å².